The Morgan fingerprint density at radius 2 is 0.739 bits per heavy atom. The summed E-state index contributed by atoms with van der Waals surface area (Å²) in [7, 11) is 0. The third-order valence-electron chi connectivity index (χ3n) is 3.53. The zero-order valence-electron chi connectivity index (χ0n) is 16.2. The van der Waals surface area contributed by atoms with Crippen LogP contribution in [-0.4, -0.2) is 0 Å². The smallest absolute Gasteiger partial charge is 0.00258 e. The molecule has 23 heavy (non-hydrogen) atoms. The Morgan fingerprint density at radius 1 is 0.478 bits per heavy atom. The minimum Gasteiger partial charge on any atom is -0.0683 e. The van der Waals surface area contributed by atoms with Crippen LogP contribution < -0.4 is 0 Å². The van der Waals surface area contributed by atoms with Crippen molar-refractivity contribution in [2.75, 3.05) is 0 Å². The first-order valence-corrected chi connectivity index (χ1v) is 9.47. The third-order valence-corrected chi connectivity index (χ3v) is 3.53. The minimum atomic E-state index is 1.04. The van der Waals surface area contributed by atoms with Crippen LogP contribution in [0.4, 0.5) is 0 Å². The van der Waals surface area contributed by atoms with Crippen molar-refractivity contribution in [1.29, 1.82) is 0 Å². The van der Waals surface area contributed by atoms with Crippen LogP contribution in [0.15, 0.2) is 48.5 Å². The molecule has 2 aromatic rings. The molecule has 2 rings (SSSR count). The topological polar surface area (TPSA) is 0 Å². The van der Waals surface area contributed by atoms with Gasteiger partial charge in [0.15, 0.2) is 0 Å². The maximum Gasteiger partial charge on any atom is -0.00258 e. The van der Waals surface area contributed by atoms with E-state index in [1.807, 2.05) is 27.7 Å². The lowest BCUT2D eigenvalue weighted by Crippen LogP contribution is -1.91. The van der Waals surface area contributed by atoms with Crippen LogP contribution in [0.3, 0.4) is 0 Å². The van der Waals surface area contributed by atoms with E-state index >= 15 is 0 Å². The van der Waals surface area contributed by atoms with E-state index in [1.165, 1.54) is 47.9 Å². The Hall–Kier alpha value is -1.56. The summed E-state index contributed by atoms with van der Waals surface area (Å²) in [6, 6.07) is 18.1. The second kappa shape index (κ2) is 14.1. The van der Waals surface area contributed by atoms with Gasteiger partial charge in [0.2, 0.25) is 0 Å². The summed E-state index contributed by atoms with van der Waals surface area (Å²) in [5, 5.41) is 0. The maximum atomic E-state index is 2.27. The van der Waals surface area contributed by atoms with E-state index in [2.05, 4.69) is 62.4 Å². The average molecular weight is 313 g/mol. The van der Waals surface area contributed by atoms with Gasteiger partial charge in [0.1, 0.15) is 0 Å². The molecule has 0 aliphatic carbocycles. The van der Waals surface area contributed by atoms with E-state index in [4.69, 9.17) is 0 Å². The molecule has 0 aliphatic heterocycles. The first kappa shape index (κ1) is 21.4. The van der Waals surface area contributed by atoms with Crippen molar-refractivity contribution in [2.45, 2.75) is 73.6 Å². The number of rotatable bonds is 6. The van der Waals surface area contributed by atoms with Gasteiger partial charge in [-0.15, -0.1) is 0 Å². The largest absolute Gasteiger partial charge is 0.0683 e. The molecule has 0 saturated carbocycles. The Labute approximate surface area is 145 Å². The third kappa shape index (κ3) is 8.59. The second-order valence-corrected chi connectivity index (χ2v) is 5.31. The molecule has 0 aromatic heterocycles. The Bertz CT molecular complexity index is 429. The zero-order valence-corrected chi connectivity index (χ0v) is 16.2. The molecule has 0 radical (unpaired) electrons. The lowest BCUT2D eigenvalue weighted by Gasteiger charge is -2.05. The predicted octanol–water partition coefficient (Wildman–Crippen LogP) is 7.23. The van der Waals surface area contributed by atoms with Gasteiger partial charge in [0.05, 0.1) is 0 Å². The van der Waals surface area contributed by atoms with Crippen LogP contribution in [0.1, 0.15) is 76.6 Å². The first-order chi connectivity index (χ1) is 11.3. The van der Waals surface area contributed by atoms with Crippen LogP contribution in [0, 0.1) is 0 Å². The minimum absolute atomic E-state index is 1.04. The summed E-state index contributed by atoms with van der Waals surface area (Å²) in [5.41, 5.74) is 5.71. The van der Waals surface area contributed by atoms with Crippen molar-refractivity contribution in [3.05, 3.63) is 70.8 Å². The van der Waals surface area contributed by atoms with Gasteiger partial charge >= 0.3 is 0 Å². The van der Waals surface area contributed by atoms with Gasteiger partial charge < -0.3 is 0 Å². The van der Waals surface area contributed by atoms with Gasteiger partial charge in [-0.3, -0.25) is 0 Å². The first-order valence-electron chi connectivity index (χ1n) is 9.47. The molecule has 0 spiro atoms. The van der Waals surface area contributed by atoms with E-state index in [-0.39, 0.29) is 0 Å². The van der Waals surface area contributed by atoms with Gasteiger partial charge in [-0.1, -0.05) is 103 Å². The van der Waals surface area contributed by atoms with Gasteiger partial charge in [0, 0.05) is 0 Å². The quantitative estimate of drug-likeness (QED) is 0.527. The van der Waals surface area contributed by atoms with Gasteiger partial charge in [-0.05, 0) is 41.5 Å². The highest BCUT2D eigenvalue weighted by molar-refractivity contribution is 5.30. The highest BCUT2D eigenvalue weighted by Crippen LogP contribution is 2.13. The summed E-state index contributed by atoms with van der Waals surface area (Å²) in [4.78, 5) is 0. The van der Waals surface area contributed by atoms with E-state index in [0.717, 1.165) is 6.42 Å². The number of aryl methyl sites for hydroxylation is 2. The Morgan fingerprint density at radius 3 is 1.00 bits per heavy atom. The Kier molecular flexibility index (Phi) is 13.1. The fourth-order valence-corrected chi connectivity index (χ4v) is 2.46. The van der Waals surface area contributed by atoms with E-state index in [0.29, 0.717) is 0 Å². The number of hydrogen-bond donors (Lipinski definition) is 0. The molecule has 128 valence electrons. The standard InChI is InChI=1S/C19H24.2C2H6/c1-3-5-16-7-11-18(12-8-16)15-19-13-9-17(6-4-2)10-14-19;2*1-2/h7-14H,3-6,15H2,1-2H3;2*1-2H3. The molecule has 0 heteroatoms. The van der Waals surface area contributed by atoms with Crippen LogP contribution >= 0.6 is 0 Å². The van der Waals surface area contributed by atoms with Crippen molar-refractivity contribution in [1.82, 2.24) is 0 Å². The maximum absolute atomic E-state index is 2.27. The van der Waals surface area contributed by atoms with Crippen molar-refractivity contribution in [3.63, 3.8) is 0 Å². The molecule has 0 amide bonds. The second-order valence-electron chi connectivity index (χ2n) is 5.31. The molecule has 0 bridgehead atoms. The SMILES string of the molecule is CC.CC.CCCc1ccc(Cc2ccc(CCC)cc2)cc1. The van der Waals surface area contributed by atoms with Crippen LogP contribution in [0.2, 0.25) is 0 Å². The monoisotopic (exact) mass is 312 g/mol. The number of benzene rings is 2. The van der Waals surface area contributed by atoms with Crippen molar-refractivity contribution < 1.29 is 0 Å². The molecular weight excluding hydrogens is 276 g/mol. The van der Waals surface area contributed by atoms with Crippen LogP contribution in [0.5, 0.6) is 0 Å². The highest BCUT2D eigenvalue weighted by atomic mass is 14.0. The van der Waals surface area contributed by atoms with Crippen LogP contribution in [0.25, 0.3) is 0 Å². The summed E-state index contributed by atoms with van der Waals surface area (Å²) in [6.07, 6.45) is 5.85. The molecule has 0 unspecified atom stereocenters. The molecular formula is C23H36. The lowest BCUT2D eigenvalue weighted by atomic mass is 10.0. The van der Waals surface area contributed by atoms with Crippen molar-refractivity contribution in [2.24, 2.45) is 0 Å². The molecule has 0 aliphatic rings. The Balaban J connectivity index is 0.00000112. The normalized spacial score (nSPS) is 9.30. The summed E-state index contributed by atoms with van der Waals surface area (Å²) < 4.78 is 0. The summed E-state index contributed by atoms with van der Waals surface area (Å²) in [6.45, 7) is 12.5. The van der Waals surface area contributed by atoms with Gasteiger partial charge in [0.25, 0.3) is 0 Å². The van der Waals surface area contributed by atoms with Crippen molar-refractivity contribution >= 4 is 0 Å². The van der Waals surface area contributed by atoms with Crippen LogP contribution in [-0.2, 0) is 19.3 Å². The van der Waals surface area contributed by atoms with Crippen molar-refractivity contribution in [3.8, 4) is 0 Å². The molecule has 2 aromatic carbocycles. The van der Waals surface area contributed by atoms with Gasteiger partial charge in [-0.25, -0.2) is 0 Å². The van der Waals surface area contributed by atoms with E-state index in [9.17, 15) is 0 Å². The lowest BCUT2D eigenvalue weighted by molar-refractivity contribution is 0.918. The average Bonchev–Trinajstić information content (AvgIpc) is 2.62. The molecule has 0 nitrogen and oxygen atoms in total. The molecule has 0 atom stereocenters. The molecule has 0 saturated heterocycles. The van der Waals surface area contributed by atoms with E-state index in [1.54, 1.807) is 0 Å². The summed E-state index contributed by atoms with van der Waals surface area (Å²) >= 11 is 0. The molecule has 0 N–H and O–H groups in total. The fourth-order valence-electron chi connectivity index (χ4n) is 2.46. The fraction of sp³-hybridized carbons (Fsp3) is 0.478. The van der Waals surface area contributed by atoms with E-state index < -0.39 is 0 Å². The molecule has 0 heterocycles. The highest BCUT2D eigenvalue weighted by Gasteiger charge is 1.98. The predicted molar refractivity (Wildman–Crippen MR) is 106 cm³/mol. The molecule has 0 fully saturated rings. The number of hydrogen-bond acceptors (Lipinski definition) is 0. The van der Waals surface area contributed by atoms with Gasteiger partial charge in [-0.2, -0.15) is 0 Å². The zero-order chi connectivity index (χ0) is 17.5. The summed E-state index contributed by atoms with van der Waals surface area (Å²) in [5.74, 6) is 0.